The molecule has 1 aromatic rings. The second-order valence-corrected chi connectivity index (χ2v) is 3.63. The van der Waals surface area contributed by atoms with Crippen LogP contribution >= 0.6 is 0 Å². The minimum absolute atomic E-state index is 0.0545. The van der Waals surface area contributed by atoms with Crippen LogP contribution in [0.1, 0.15) is 30.2 Å². The number of carbonyl (C=O) groups is 1. The molecule has 0 aromatic carbocycles. The van der Waals surface area contributed by atoms with Crippen LogP contribution in [0.4, 0.5) is 26.3 Å². The molecular weight excluding hydrogens is 292 g/mol. The number of hydrogen-bond donors (Lipinski definition) is 0. The van der Waals surface area contributed by atoms with E-state index < -0.39 is 47.6 Å². The fourth-order valence-electron chi connectivity index (χ4n) is 1.57. The third-order valence-electron chi connectivity index (χ3n) is 2.28. The molecule has 112 valence electrons. The van der Waals surface area contributed by atoms with Gasteiger partial charge in [0.2, 0.25) is 0 Å². The van der Waals surface area contributed by atoms with Gasteiger partial charge in [-0.2, -0.15) is 13.2 Å². The van der Waals surface area contributed by atoms with Crippen molar-refractivity contribution in [1.29, 1.82) is 0 Å². The van der Waals surface area contributed by atoms with Crippen molar-refractivity contribution in [3.8, 4) is 0 Å². The lowest BCUT2D eigenvalue weighted by molar-refractivity contribution is -0.144. The number of nitrogens with zero attached hydrogens (tertiary/aromatic N) is 1. The molecule has 0 spiro atoms. The Labute approximate surface area is 109 Å². The standard InChI is InChI=1S/C11H9F6NO2/c1-2-20-7(19)3-5-8(11(15,16)17)6(12)4-18-9(5)10(13)14/h4,10H,2-3H2,1H3. The van der Waals surface area contributed by atoms with E-state index in [1.807, 2.05) is 0 Å². The molecule has 0 unspecified atom stereocenters. The van der Waals surface area contributed by atoms with E-state index >= 15 is 0 Å². The second-order valence-electron chi connectivity index (χ2n) is 3.63. The summed E-state index contributed by atoms with van der Waals surface area (Å²) < 4.78 is 81.1. The van der Waals surface area contributed by atoms with Crippen LogP contribution < -0.4 is 0 Å². The van der Waals surface area contributed by atoms with Gasteiger partial charge < -0.3 is 4.74 Å². The van der Waals surface area contributed by atoms with Gasteiger partial charge in [0.1, 0.15) is 5.69 Å². The highest BCUT2D eigenvalue weighted by molar-refractivity contribution is 5.73. The summed E-state index contributed by atoms with van der Waals surface area (Å²) in [5.41, 5.74) is -4.41. The molecule has 9 heteroatoms. The minimum Gasteiger partial charge on any atom is -0.466 e. The van der Waals surface area contributed by atoms with Gasteiger partial charge in [0.15, 0.2) is 5.82 Å². The van der Waals surface area contributed by atoms with Crippen molar-refractivity contribution < 1.29 is 35.9 Å². The average Bonchev–Trinajstić information content (AvgIpc) is 2.26. The lowest BCUT2D eigenvalue weighted by atomic mass is 10.0. The molecule has 3 nitrogen and oxygen atoms in total. The Hall–Kier alpha value is -1.80. The predicted octanol–water partition coefficient (Wildman–Crippen LogP) is 3.28. The first kappa shape index (κ1) is 16.3. The molecule has 0 atom stereocenters. The van der Waals surface area contributed by atoms with E-state index in [2.05, 4.69) is 9.72 Å². The van der Waals surface area contributed by atoms with E-state index in [0.717, 1.165) is 0 Å². The summed E-state index contributed by atoms with van der Waals surface area (Å²) in [5.74, 6) is -2.99. The lowest BCUT2D eigenvalue weighted by Crippen LogP contribution is -2.19. The van der Waals surface area contributed by atoms with Crippen molar-refractivity contribution in [3.05, 3.63) is 28.8 Å². The van der Waals surface area contributed by atoms with E-state index in [4.69, 9.17) is 0 Å². The highest BCUT2D eigenvalue weighted by atomic mass is 19.4. The Balaban J connectivity index is 3.41. The highest BCUT2D eigenvalue weighted by Gasteiger charge is 2.40. The first-order valence-corrected chi connectivity index (χ1v) is 5.36. The third-order valence-corrected chi connectivity index (χ3v) is 2.28. The van der Waals surface area contributed by atoms with Gasteiger partial charge in [0.05, 0.1) is 24.8 Å². The zero-order valence-corrected chi connectivity index (χ0v) is 10.1. The Bertz CT molecular complexity index is 500. The van der Waals surface area contributed by atoms with Crippen molar-refractivity contribution >= 4 is 5.97 Å². The van der Waals surface area contributed by atoms with Gasteiger partial charge in [0, 0.05) is 5.56 Å². The number of alkyl halides is 5. The van der Waals surface area contributed by atoms with Gasteiger partial charge in [-0.3, -0.25) is 9.78 Å². The summed E-state index contributed by atoms with van der Waals surface area (Å²) >= 11 is 0. The molecule has 1 aromatic heterocycles. The van der Waals surface area contributed by atoms with Crippen molar-refractivity contribution in [1.82, 2.24) is 4.98 Å². The maximum Gasteiger partial charge on any atom is 0.419 e. The quantitative estimate of drug-likeness (QED) is 0.633. The lowest BCUT2D eigenvalue weighted by Gasteiger charge is -2.16. The number of hydrogen-bond acceptors (Lipinski definition) is 3. The monoisotopic (exact) mass is 301 g/mol. The van der Waals surface area contributed by atoms with Crippen molar-refractivity contribution in [2.24, 2.45) is 0 Å². The second kappa shape index (κ2) is 6.10. The molecule has 0 amide bonds. The highest BCUT2D eigenvalue weighted by Crippen LogP contribution is 2.37. The number of halogens is 6. The van der Waals surface area contributed by atoms with Crippen molar-refractivity contribution in [2.45, 2.75) is 25.9 Å². The molecule has 0 aliphatic heterocycles. The normalized spacial score (nSPS) is 11.8. The molecule has 0 bridgehead atoms. The largest absolute Gasteiger partial charge is 0.466 e. The number of esters is 1. The van der Waals surface area contributed by atoms with Crippen LogP contribution in [0.15, 0.2) is 6.20 Å². The van der Waals surface area contributed by atoms with Crippen LogP contribution in [0.5, 0.6) is 0 Å². The van der Waals surface area contributed by atoms with Gasteiger partial charge in [-0.1, -0.05) is 0 Å². The van der Waals surface area contributed by atoms with Crippen LogP contribution in [-0.2, 0) is 22.1 Å². The summed E-state index contributed by atoms with van der Waals surface area (Å²) in [4.78, 5) is 14.1. The molecule has 20 heavy (non-hydrogen) atoms. The van der Waals surface area contributed by atoms with Crippen LogP contribution in [0.25, 0.3) is 0 Å². The zero-order chi connectivity index (χ0) is 15.5. The molecular formula is C11H9F6NO2. The van der Waals surface area contributed by atoms with E-state index in [1.54, 1.807) is 0 Å². The van der Waals surface area contributed by atoms with Crippen LogP contribution in [0.3, 0.4) is 0 Å². The number of aromatic nitrogens is 1. The Kier molecular flexibility index (Phi) is 4.96. The first-order chi connectivity index (χ1) is 9.18. The Morgan fingerprint density at radius 1 is 1.40 bits per heavy atom. The van der Waals surface area contributed by atoms with Crippen LogP contribution in [-0.4, -0.2) is 17.6 Å². The smallest absolute Gasteiger partial charge is 0.419 e. The van der Waals surface area contributed by atoms with Gasteiger partial charge in [-0.15, -0.1) is 0 Å². The topological polar surface area (TPSA) is 39.2 Å². The maximum absolute atomic E-state index is 13.2. The van der Waals surface area contributed by atoms with Gasteiger partial charge >= 0.3 is 12.1 Å². The van der Waals surface area contributed by atoms with Crippen LogP contribution in [0, 0.1) is 5.82 Å². The molecule has 0 radical (unpaired) electrons. The minimum atomic E-state index is -5.22. The summed E-state index contributed by atoms with van der Waals surface area (Å²) in [7, 11) is 0. The third kappa shape index (κ3) is 3.61. The molecule has 0 aliphatic carbocycles. The van der Waals surface area contributed by atoms with E-state index in [-0.39, 0.29) is 12.8 Å². The molecule has 0 aliphatic rings. The molecule has 1 rings (SSSR count). The summed E-state index contributed by atoms with van der Waals surface area (Å²) in [5, 5.41) is 0. The van der Waals surface area contributed by atoms with Crippen molar-refractivity contribution in [2.75, 3.05) is 6.61 Å². The summed E-state index contributed by atoms with van der Waals surface area (Å²) in [6.07, 6.45) is -9.67. The van der Waals surface area contributed by atoms with Gasteiger partial charge in [0.25, 0.3) is 6.43 Å². The predicted molar refractivity (Wildman–Crippen MR) is 54.5 cm³/mol. The Morgan fingerprint density at radius 3 is 2.45 bits per heavy atom. The fourth-order valence-corrected chi connectivity index (χ4v) is 1.57. The fraction of sp³-hybridized carbons (Fsp3) is 0.455. The first-order valence-electron chi connectivity index (χ1n) is 5.36. The summed E-state index contributed by atoms with van der Waals surface area (Å²) in [6.45, 7) is 1.24. The van der Waals surface area contributed by atoms with Gasteiger partial charge in [-0.25, -0.2) is 13.2 Å². The molecule has 1 heterocycles. The molecule has 0 fully saturated rings. The van der Waals surface area contributed by atoms with E-state index in [1.165, 1.54) is 6.92 Å². The maximum atomic E-state index is 13.2. The van der Waals surface area contributed by atoms with E-state index in [9.17, 15) is 31.1 Å². The number of rotatable bonds is 4. The number of pyridine rings is 1. The zero-order valence-electron chi connectivity index (χ0n) is 10.1. The average molecular weight is 301 g/mol. The SMILES string of the molecule is CCOC(=O)Cc1c(C(F)F)ncc(F)c1C(F)(F)F. The molecule has 0 saturated carbocycles. The number of carbonyl (C=O) groups excluding carboxylic acids is 1. The number of ether oxygens (including phenoxy) is 1. The van der Waals surface area contributed by atoms with Crippen LogP contribution in [0.2, 0.25) is 0 Å². The van der Waals surface area contributed by atoms with Crippen molar-refractivity contribution in [3.63, 3.8) is 0 Å². The van der Waals surface area contributed by atoms with Gasteiger partial charge in [-0.05, 0) is 6.92 Å². The summed E-state index contributed by atoms with van der Waals surface area (Å²) in [6, 6.07) is 0. The molecule has 0 saturated heterocycles. The van der Waals surface area contributed by atoms with E-state index in [0.29, 0.717) is 0 Å². The molecule has 0 N–H and O–H groups in total. The Morgan fingerprint density at radius 2 is 2.00 bits per heavy atom.